The fourth-order valence-electron chi connectivity index (χ4n) is 2.38. The molecule has 98 valence electrons. The first kappa shape index (κ1) is 13.5. The largest absolute Gasteiger partial charge is 0.481 e. The molecule has 0 spiro atoms. The summed E-state index contributed by atoms with van der Waals surface area (Å²) >= 11 is 3.32. The fraction of sp³-hybridized carbons (Fsp3) is 0.462. The summed E-state index contributed by atoms with van der Waals surface area (Å²) in [6.07, 6.45) is 0.687. The van der Waals surface area contributed by atoms with E-state index in [0.717, 1.165) is 4.47 Å². The summed E-state index contributed by atoms with van der Waals surface area (Å²) in [5, 5.41) is 20.0. The number of aliphatic hydroxyl groups is 1. The summed E-state index contributed by atoms with van der Waals surface area (Å²) in [5.41, 5.74) is -0.619. The van der Waals surface area contributed by atoms with Gasteiger partial charge in [-0.15, -0.1) is 0 Å². The number of carbonyl (C=O) groups is 1. The number of hydrogen-bond donors (Lipinski definition) is 2. The smallest absolute Gasteiger partial charge is 0.313 e. The molecule has 18 heavy (non-hydrogen) atoms. The standard InChI is InChI=1S/C13H15BrO4/c14-10-3-1-2-9(8-10)11(12(15)16)13(17)4-6-18-7-5-13/h1-3,8,11,17H,4-7H2,(H,15,16)/t11-/m0/s1. The molecule has 1 heterocycles. The monoisotopic (exact) mass is 314 g/mol. The van der Waals surface area contributed by atoms with Crippen molar-refractivity contribution in [3.63, 3.8) is 0 Å². The molecule has 1 aliphatic heterocycles. The van der Waals surface area contributed by atoms with Gasteiger partial charge in [-0.2, -0.15) is 0 Å². The normalized spacial score (nSPS) is 20.3. The van der Waals surface area contributed by atoms with Gasteiger partial charge in [0.25, 0.3) is 0 Å². The van der Waals surface area contributed by atoms with Crippen molar-refractivity contribution < 1.29 is 19.7 Å². The number of aliphatic carboxylic acids is 1. The summed E-state index contributed by atoms with van der Waals surface area (Å²) in [7, 11) is 0. The molecule has 1 aliphatic rings. The maximum Gasteiger partial charge on any atom is 0.313 e. The molecule has 5 heteroatoms. The Balaban J connectivity index is 2.36. The Kier molecular flexibility index (Phi) is 4.04. The number of ether oxygens (including phenoxy) is 1. The highest BCUT2D eigenvalue weighted by atomic mass is 79.9. The third kappa shape index (κ3) is 2.74. The van der Waals surface area contributed by atoms with Crippen LogP contribution >= 0.6 is 15.9 Å². The molecular weight excluding hydrogens is 300 g/mol. The molecule has 4 nitrogen and oxygen atoms in total. The lowest BCUT2D eigenvalue weighted by molar-refractivity contribution is -0.151. The third-order valence-electron chi connectivity index (χ3n) is 3.32. The minimum atomic E-state index is -1.23. The van der Waals surface area contributed by atoms with Crippen molar-refractivity contribution >= 4 is 21.9 Å². The van der Waals surface area contributed by atoms with Crippen LogP contribution in [0, 0.1) is 0 Å². The molecule has 0 bridgehead atoms. The van der Waals surface area contributed by atoms with Gasteiger partial charge in [-0.1, -0.05) is 28.1 Å². The summed E-state index contributed by atoms with van der Waals surface area (Å²) in [6, 6.07) is 7.08. The predicted molar refractivity (Wildman–Crippen MR) is 69.5 cm³/mol. The Morgan fingerprint density at radius 2 is 2.06 bits per heavy atom. The lowest BCUT2D eigenvalue weighted by Crippen LogP contribution is -2.45. The molecule has 0 unspecified atom stereocenters. The first-order chi connectivity index (χ1) is 8.53. The molecule has 1 saturated heterocycles. The highest BCUT2D eigenvalue weighted by Gasteiger charge is 2.43. The number of rotatable bonds is 3. The zero-order chi connectivity index (χ0) is 13.2. The minimum absolute atomic E-state index is 0.344. The number of benzene rings is 1. The van der Waals surface area contributed by atoms with Gasteiger partial charge in [-0.3, -0.25) is 4.79 Å². The number of hydrogen-bond acceptors (Lipinski definition) is 3. The molecule has 0 amide bonds. The molecule has 1 fully saturated rings. The maximum atomic E-state index is 11.5. The lowest BCUT2D eigenvalue weighted by Gasteiger charge is -2.37. The average Bonchev–Trinajstić information content (AvgIpc) is 2.29. The SMILES string of the molecule is O=C(O)[C@H](c1cccc(Br)c1)C1(O)CCOCC1. The molecule has 0 aromatic heterocycles. The average molecular weight is 315 g/mol. The Morgan fingerprint density at radius 1 is 1.39 bits per heavy atom. The van der Waals surface area contributed by atoms with Gasteiger partial charge >= 0.3 is 5.97 Å². The third-order valence-corrected chi connectivity index (χ3v) is 3.82. The van der Waals surface area contributed by atoms with Crippen LogP contribution in [0.25, 0.3) is 0 Å². The van der Waals surface area contributed by atoms with Crippen LogP contribution in [0.4, 0.5) is 0 Å². The van der Waals surface area contributed by atoms with Gasteiger partial charge in [0.2, 0.25) is 0 Å². The van der Waals surface area contributed by atoms with E-state index in [1.54, 1.807) is 18.2 Å². The number of carboxylic acid groups (broad SMARTS) is 1. The van der Waals surface area contributed by atoms with E-state index in [0.29, 0.717) is 31.6 Å². The first-order valence-electron chi connectivity index (χ1n) is 5.81. The van der Waals surface area contributed by atoms with E-state index in [-0.39, 0.29) is 0 Å². The van der Waals surface area contributed by atoms with Crippen LogP contribution in [-0.2, 0) is 9.53 Å². The van der Waals surface area contributed by atoms with Crippen molar-refractivity contribution in [3.05, 3.63) is 34.3 Å². The summed E-state index contributed by atoms with van der Waals surface area (Å²) in [5.74, 6) is -1.92. The van der Waals surface area contributed by atoms with Crippen LogP contribution in [0.1, 0.15) is 24.3 Å². The van der Waals surface area contributed by atoms with Crippen LogP contribution < -0.4 is 0 Å². The second-order valence-corrected chi connectivity index (χ2v) is 5.46. The maximum absolute atomic E-state index is 11.5. The van der Waals surface area contributed by atoms with E-state index >= 15 is 0 Å². The highest BCUT2D eigenvalue weighted by molar-refractivity contribution is 9.10. The second kappa shape index (κ2) is 5.38. The van der Waals surface area contributed by atoms with Gasteiger partial charge in [0.15, 0.2) is 0 Å². The zero-order valence-corrected chi connectivity index (χ0v) is 11.4. The Hall–Kier alpha value is -0.910. The molecule has 2 N–H and O–H groups in total. The van der Waals surface area contributed by atoms with Crippen LogP contribution in [0.15, 0.2) is 28.7 Å². The van der Waals surface area contributed by atoms with Gasteiger partial charge in [-0.05, 0) is 17.7 Å². The van der Waals surface area contributed by atoms with Crippen LogP contribution in [-0.4, -0.2) is 35.0 Å². The van der Waals surface area contributed by atoms with E-state index in [2.05, 4.69) is 15.9 Å². The van der Waals surface area contributed by atoms with E-state index in [1.807, 2.05) is 6.07 Å². The molecule has 0 aliphatic carbocycles. The van der Waals surface area contributed by atoms with Gasteiger partial charge < -0.3 is 14.9 Å². The summed E-state index contributed by atoms with van der Waals surface area (Å²) in [4.78, 5) is 11.5. The van der Waals surface area contributed by atoms with Crippen molar-refractivity contribution in [1.82, 2.24) is 0 Å². The fourth-order valence-corrected chi connectivity index (χ4v) is 2.80. The Labute approximate surface area is 114 Å². The predicted octanol–water partition coefficient (Wildman–Crippen LogP) is 2.16. The molecule has 1 aromatic rings. The molecular formula is C13H15BrO4. The van der Waals surface area contributed by atoms with Crippen molar-refractivity contribution in [3.8, 4) is 0 Å². The minimum Gasteiger partial charge on any atom is -0.481 e. The van der Waals surface area contributed by atoms with E-state index in [4.69, 9.17) is 4.74 Å². The topological polar surface area (TPSA) is 66.8 Å². The van der Waals surface area contributed by atoms with E-state index in [1.165, 1.54) is 0 Å². The Bertz CT molecular complexity index is 440. The molecule has 0 radical (unpaired) electrons. The zero-order valence-electron chi connectivity index (χ0n) is 9.80. The summed E-state index contributed by atoms with van der Waals surface area (Å²) in [6.45, 7) is 0.794. The van der Waals surface area contributed by atoms with E-state index < -0.39 is 17.5 Å². The van der Waals surface area contributed by atoms with E-state index in [9.17, 15) is 15.0 Å². The highest BCUT2D eigenvalue weighted by Crippen LogP contribution is 2.37. The van der Waals surface area contributed by atoms with Crippen LogP contribution in [0.5, 0.6) is 0 Å². The molecule has 1 aromatic carbocycles. The number of carboxylic acids is 1. The van der Waals surface area contributed by atoms with Crippen LogP contribution in [0.3, 0.4) is 0 Å². The second-order valence-electron chi connectivity index (χ2n) is 4.54. The van der Waals surface area contributed by atoms with Crippen molar-refractivity contribution in [1.29, 1.82) is 0 Å². The molecule has 2 rings (SSSR count). The van der Waals surface area contributed by atoms with Crippen molar-refractivity contribution in [2.45, 2.75) is 24.4 Å². The van der Waals surface area contributed by atoms with Crippen LogP contribution in [0.2, 0.25) is 0 Å². The van der Waals surface area contributed by atoms with Crippen molar-refractivity contribution in [2.75, 3.05) is 13.2 Å². The Morgan fingerprint density at radius 3 is 2.61 bits per heavy atom. The quantitative estimate of drug-likeness (QED) is 0.897. The number of halogens is 1. The van der Waals surface area contributed by atoms with Crippen molar-refractivity contribution in [2.24, 2.45) is 0 Å². The van der Waals surface area contributed by atoms with Gasteiger partial charge in [0.1, 0.15) is 5.92 Å². The molecule has 0 saturated carbocycles. The van der Waals surface area contributed by atoms with Gasteiger partial charge in [0, 0.05) is 30.5 Å². The lowest BCUT2D eigenvalue weighted by atomic mass is 9.77. The summed E-state index contributed by atoms with van der Waals surface area (Å²) < 4.78 is 6.00. The van der Waals surface area contributed by atoms with Gasteiger partial charge in [0.05, 0.1) is 5.60 Å². The van der Waals surface area contributed by atoms with Gasteiger partial charge in [-0.25, -0.2) is 0 Å². The first-order valence-corrected chi connectivity index (χ1v) is 6.61. The molecule has 1 atom stereocenters.